The van der Waals surface area contributed by atoms with Gasteiger partial charge in [0.15, 0.2) is 0 Å². The van der Waals surface area contributed by atoms with Gasteiger partial charge in [0.1, 0.15) is 0 Å². The topological polar surface area (TPSA) is 29.5 Å². The molecule has 1 aliphatic heterocycles. The van der Waals surface area contributed by atoms with Crippen molar-refractivity contribution in [2.24, 2.45) is 0 Å². The summed E-state index contributed by atoms with van der Waals surface area (Å²) >= 11 is 11.8. The molecule has 2 atom stereocenters. The molecule has 1 fully saturated rings. The monoisotopic (exact) mass is 301 g/mol. The van der Waals surface area contributed by atoms with Gasteiger partial charge in [-0.15, -0.1) is 11.6 Å². The Kier molecular flexibility index (Phi) is 4.71. The average molecular weight is 302 g/mol. The van der Waals surface area contributed by atoms with Crippen LogP contribution in [0.3, 0.4) is 0 Å². The summed E-state index contributed by atoms with van der Waals surface area (Å²) in [5, 5.41) is 0.672. The van der Waals surface area contributed by atoms with Crippen LogP contribution >= 0.6 is 23.2 Å². The zero-order valence-electron chi connectivity index (χ0n) is 11.0. The van der Waals surface area contributed by atoms with Crippen LogP contribution in [0.25, 0.3) is 0 Å². The second-order valence-electron chi connectivity index (χ2n) is 4.90. The van der Waals surface area contributed by atoms with Gasteiger partial charge in [-0.05, 0) is 37.6 Å². The zero-order chi connectivity index (χ0) is 14.0. The third-order valence-electron chi connectivity index (χ3n) is 3.19. The van der Waals surface area contributed by atoms with E-state index in [1.165, 1.54) is 0 Å². The number of ether oxygens (including phenoxy) is 1. The summed E-state index contributed by atoms with van der Waals surface area (Å²) < 4.78 is 5.65. The minimum absolute atomic E-state index is 0.00466. The molecule has 0 bridgehead atoms. The van der Waals surface area contributed by atoms with Crippen LogP contribution < -0.4 is 0 Å². The number of hydrogen-bond acceptors (Lipinski definition) is 2. The molecule has 19 heavy (non-hydrogen) atoms. The highest BCUT2D eigenvalue weighted by molar-refractivity contribution is 6.31. The van der Waals surface area contributed by atoms with Crippen molar-refractivity contribution in [2.45, 2.75) is 26.1 Å². The number of alkyl halides is 1. The summed E-state index contributed by atoms with van der Waals surface area (Å²) in [6.45, 7) is 4.97. The zero-order valence-corrected chi connectivity index (χ0v) is 12.5. The Morgan fingerprint density at radius 1 is 1.47 bits per heavy atom. The van der Waals surface area contributed by atoms with E-state index in [1.54, 1.807) is 17.0 Å². The molecule has 0 spiro atoms. The van der Waals surface area contributed by atoms with Gasteiger partial charge in [-0.25, -0.2) is 0 Å². The normalized spacial score (nSPS) is 23.5. The highest BCUT2D eigenvalue weighted by atomic mass is 35.5. The first-order valence-electron chi connectivity index (χ1n) is 6.28. The van der Waals surface area contributed by atoms with Crippen molar-refractivity contribution >= 4 is 29.1 Å². The van der Waals surface area contributed by atoms with Crippen molar-refractivity contribution in [3.05, 3.63) is 34.3 Å². The Morgan fingerprint density at radius 3 is 2.84 bits per heavy atom. The predicted octanol–water partition coefficient (Wildman–Crippen LogP) is 3.12. The van der Waals surface area contributed by atoms with E-state index in [4.69, 9.17) is 27.9 Å². The van der Waals surface area contributed by atoms with E-state index in [0.717, 1.165) is 5.56 Å². The molecule has 0 radical (unpaired) electrons. The van der Waals surface area contributed by atoms with Crippen molar-refractivity contribution < 1.29 is 9.53 Å². The molecule has 2 unspecified atom stereocenters. The fourth-order valence-electron chi connectivity index (χ4n) is 2.26. The SMILES string of the molecule is Cc1cc(C(=O)N2CC(C)OC(CCl)C2)ccc1Cl. The van der Waals surface area contributed by atoms with E-state index < -0.39 is 0 Å². The van der Waals surface area contributed by atoms with Gasteiger partial charge in [-0.1, -0.05) is 11.6 Å². The van der Waals surface area contributed by atoms with Crippen LogP contribution in [-0.2, 0) is 4.74 Å². The Hall–Kier alpha value is -0.770. The summed E-state index contributed by atoms with van der Waals surface area (Å²) in [6, 6.07) is 5.33. The number of halogens is 2. The fraction of sp³-hybridized carbons (Fsp3) is 0.500. The number of amides is 1. The molecule has 1 saturated heterocycles. The highest BCUT2D eigenvalue weighted by Crippen LogP contribution is 2.20. The first-order chi connectivity index (χ1) is 9.01. The molecule has 1 aromatic carbocycles. The summed E-state index contributed by atoms with van der Waals surface area (Å²) in [4.78, 5) is 14.3. The summed E-state index contributed by atoms with van der Waals surface area (Å²) in [7, 11) is 0. The van der Waals surface area contributed by atoms with Crippen molar-refractivity contribution in [3.8, 4) is 0 Å². The van der Waals surface area contributed by atoms with Crippen molar-refractivity contribution in [3.63, 3.8) is 0 Å². The quantitative estimate of drug-likeness (QED) is 0.786. The van der Waals surface area contributed by atoms with Crippen LogP contribution in [0.15, 0.2) is 18.2 Å². The number of carbonyl (C=O) groups excluding carboxylic acids is 1. The third kappa shape index (κ3) is 3.41. The lowest BCUT2D eigenvalue weighted by Crippen LogP contribution is -2.49. The minimum Gasteiger partial charge on any atom is -0.370 e. The number of hydrogen-bond donors (Lipinski definition) is 0. The molecule has 0 saturated carbocycles. The van der Waals surface area contributed by atoms with Crippen molar-refractivity contribution in [1.29, 1.82) is 0 Å². The standard InChI is InChI=1S/C14H17Cl2NO2/c1-9-5-11(3-4-13(9)16)14(18)17-7-10(2)19-12(6-15)8-17/h3-5,10,12H,6-8H2,1-2H3. The second kappa shape index (κ2) is 6.12. The Morgan fingerprint density at radius 2 is 2.21 bits per heavy atom. The average Bonchev–Trinajstić information content (AvgIpc) is 2.40. The summed E-state index contributed by atoms with van der Waals surface area (Å²) in [5.74, 6) is 0.401. The predicted molar refractivity (Wildman–Crippen MR) is 77.1 cm³/mol. The van der Waals surface area contributed by atoms with Gasteiger partial charge in [0.2, 0.25) is 0 Å². The molecular formula is C14H17Cl2NO2. The van der Waals surface area contributed by atoms with Gasteiger partial charge in [0.25, 0.3) is 5.91 Å². The summed E-state index contributed by atoms with van der Waals surface area (Å²) in [6.07, 6.45) is -0.0855. The lowest BCUT2D eigenvalue weighted by Gasteiger charge is -2.36. The van der Waals surface area contributed by atoms with E-state index in [-0.39, 0.29) is 18.1 Å². The van der Waals surface area contributed by atoms with Gasteiger partial charge >= 0.3 is 0 Å². The summed E-state index contributed by atoms with van der Waals surface area (Å²) in [5.41, 5.74) is 1.56. The van der Waals surface area contributed by atoms with Crippen LogP contribution in [0.1, 0.15) is 22.8 Å². The molecule has 1 aromatic rings. The maximum atomic E-state index is 12.5. The first kappa shape index (κ1) is 14.6. The molecule has 2 rings (SSSR count). The first-order valence-corrected chi connectivity index (χ1v) is 7.19. The molecule has 5 heteroatoms. The molecule has 3 nitrogen and oxygen atoms in total. The van der Waals surface area contributed by atoms with Gasteiger partial charge in [-0.2, -0.15) is 0 Å². The molecule has 104 valence electrons. The molecule has 0 aliphatic carbocycles. The van der Waals surface area contributed by atoms with Gasteiger partial charge < -0.3 is 9.64 Å². The molecule has 1 heterocycles. The maximum Gasteiger partial charge on any atom is 0.254 e. The van der Waals surface area contributed by atoms with Crippen molar-refractivity contribution in [1.82, 2.24) is 4.90 Å². The molecule has 1 aliphatic rings. The Bertz CT molecular complexity index is 479. The number of benzene rings is 1. The highest BCUT2D eigenvalue weighted by Gasteiger charge is 2.28. The number of nitrogens with zero attached hydrogens (tertiary/aromatic N) is 1. The molecular weight excluding hydrogens is 285 g/mol. The Balaban J connectivity index is 2.16. The van der Waals surface area contributed by atoms with Gasteiger partial charge in [0.05, 0.1) is 18.1 Å². The lowest BCUT2D eigenvalue weighted by atomic mass is 10.1. The Labute approximate surface area is 123 Å². The van der Waals surface area contributed by atoms with Crippen molar-refractivity contribution in [2.75, 3.05) is 19.0 Å². The van der Waals surface area contributed by atoms with Gasteiger partial charge in [0, 0.05) is 23.7 Å². The largest absolute Gasteiger partial charge is 0.370 e. The van der Waals surface area contributed by atoms with E-state index in [1.807, 2.05) is 19.9 Å². The van der Waals surface area contributed by atoms with E-state index in [0.29, 0.717) is 29.6 Å². The van der Waals surface area contributed by atoms with Crippen LogP contribution in [-0.4, -0.2) is 42.0 Å². The van der Waals surface area contributed by atoms with Crippen LogP contribution in [0.4, 0.5) is 0 Å². The number of aryl methyl sites for hydroxylation is 1. The smallest absolute Gasteiger partial charge is 0.254 e. The lowest BCUT2D eigenvalue weighted by molar-refractivity contribution is -0.0570. The van der Waals surface area contributed by atoms with E-state index >= 15 is 0 Å². The van der Waals surface area contributed by atoms with Crippen LogP contribution in [0, 0.1) is 6.92 Å². The molecule has 0 aromatic heterocycles. The van der Waals surface area contributed by atoms with Crippen LogP contribution in [0.2, 0.25) is 5.02 Å². The van der Waals surface area contributed by atoms with Crippen LogP contribution in [0.5, 0.6) is 0 Å². The fourth-order valence-corrected chi connectivity index (χ4v) is 2.54. The number of carbonyl (C=O) groups is 1. The number of rotatable bonds is 2. The van der Waals surface area contributed by atoms with Gasteiger partial charge in [-0.3, -0.25) is 4.79 Å². The molecule has 0 N–H and O–H groups in total. The van der Waals surface area contributed by atoms with E-state index in [9.17, 15) is 4.79 Å². The minimum atomic E-state index is -0.0947. The van der Waals surface area contributed by atoms with E-state index in [2.05, 4.69) is 0 Å². The maximum absolute atomic E-state index is 12.5. The second-order valence-corrected chi connectivity index (χ2v) is 5.61. The number of morpholine rings is 1. The third-order valence-corrected chi connectivity index (χ3v) is 3.96. The molecule has 1 amide bonds.